The number of Topliss-reactive ketones (excluding diaryl/α,β-unsaturated/α-hetero) is 1. The second-order valence-electron chi connectivity index (χ2n) is 23.1. The summed E-state index contributed by atoms with van der Waals surface area (Å²) in [6, 6.07) is 9.27. The van der Waals surface area contributed by atoms with Crippen LogP contribution < -0.4 is 44.9 Å². The maximum atomic E-state index is 12.2. The zero-order valence-corrected chi connectivity index (χ0v) is 59.7. The Balaban J connectivity index is 0.00000140. The van der Waals surface area contributed by atoms with Crippen LogP contribution in [0.5, 0.6) is 11.5 Å². The van der Waals surface area contributed by atoms with Crippen molar-refractivity contribution in [2.45, 2.75) is 210 Å². The van der Waals surface area contributed by atoms with Gasteiger partial charge in [-0.3, -0.25) is 14.4 Å². The van der Waals surface area contributed by atoms with Crippen LogP contribution >= 0.6 is 0 Å². The van der Waals surface area contributed by atoms with Crippen LogP contribution in [0.15, 0.2) is 36.4 Å². The number of rotatable bonds is 34. The van der Waals surface area contributed by atoms with Gasteiger partial charge in [0.1, 0.15) is 158 Å². The van der Waals surface area contributed by atoms with E-state index < -0.39 is 224 Å². The van der Waals surface area contributed by atoms with Crippen molar-refractivity contribution in [3.05, 3.63) is 47.5 Å². The maximum Gasteiger partial charge on any atom is 1.00 e. The Morgan fingerprint density at radius 3 is 1.22 bits per heavy atom. The third kappa shape index (κ3) is 29.8. The Hall–Kier alpha value is -3.45. The van der Waals surface area contributed by atoms with Gasteiger partial charge in [-0.05, 0) is 51.3 Å². The molecule has 28 atom stereocenters. The summed E-state index contributed by atoms with van der Waals surface area (Å²) in [6.07, 6.45) is -44.2. The van der Waals surface area contributed by atoms with E-state index in [1.807, 2.05) is 0 Å². The molecule has 6 rings (SSSR count). The second-order valence-corrected chi connectivity index (χ2v) is 23.1. The average Bonchev–Trinajstić information content (AvgIpc) is 0.800. The number of hydrogen-bond acceptors (Lipinski definition) is 41. The van der Waals surface area contributed by atoms with Gasteiger partial charge < -0.3 is 192 Å². The number of carbonyl (C=O) groups is 4. The number of carboxylic acids is 1. The fraction of sp³-hybridized carbons (Fsp3) is 0.729. The molecule has 103 heavy (non-hydrogen) atoms. The fourth-order valence-electron chi connectivity index (χ4n) is 9.76. The molecule has 2 radical (unpaired) electrons. The van der Waals surface area contributed by atoms with E-state index in [2.05, 4.69) is 8.38 Å². The number of aliphatic carboxylic acids is 1. The molecule has 0 amide bonds. The summed E-state index contributed by atoms with van der Waals surface area (Å²) in [4.78, 5) is 43.6. The van der Waals surface area contributed by atoms with Gasteiger partial charge in [-0.1, -0.05) is 0 Å². The van der Waals surface area contributed by atoms with E-state index >= 15 is 0 Å². The van der Waals surface area contributed by atoms with E-state index in [1.165, 1.54) is 18.2 Å². The number of anilines is 2. The average molecular weight is 1720 g/mol. The Bertz CT molecular complexity index is 2660. The molecule has 0 aromatic heterocycles. The molecule has 29 N–H and O–H groups in total. The van der Waals surface area contributed by atoms with Crippen molar-refractivity contribution in [1.29, 1.82) is 1.34 Å². The van der Waals surface area contributed by atoms with Crippen LogP contribution in [-0.4, -0.2) is 393 Å². The van der Waals surface area contributed by atoms with Crippen LogP contribution in [0.2, 0.25) is 0 Å². The number of carboxylic acid groups (broad SMARTS) is 1. The van der Waals surface area contributed by atoms with E-state index in [9.17, 15) is 132 Å². The minimum atomic E-state index is -1.85. The molecular formula is C59H96BLiN2O39U. The minimum absolute atomic E-state index is 0. The quantitative estimate of drug-likeness (QED) is 0.0134. The van der Waals surface area contributed by atoms with E-state index in [0.29, 0.717) is 53.7 Å². The van der Waals surface area contributed by atoms with Crippen LogP contribution in [0.4, 0.5) is 11.4 Å². The van der Waals surface area contributed by atoms with Crippen LogP contribution in [-0.2, 0) is 42.7 Å². The van der Waals surface area contributed by atoms with Crippen LogP contribution in [0.25, 0.3) is 0 Å². The predicted octanol–water partition coefficient (Wildman–Crippen LogP) is -18.0. The zero-order chi connectivity index (χ0) is 77.4. The summed E-state index contributed by atoms with van der Waals surface area (Å²) in [7, 11) is 3.75. The first kappa shape index (κ1) is 97.6. The van der Waals surface area contributed by atoms with Gasteiger partial charge >= 0.3 is 18.9 Å². The molecule has 4 saturated heterocycles. The molecule has 12 unspecified atom stereocenters. The molecule has 4 aliphatic rings. The van der Waals surface area contributed by atoms with Gasteiger partial charge in [0.15, 0.2) is 37.7 Å². The normalized spacial score (nSPS) is 31.3. The Labute approximate surface area is 626 Å². The zero-order valence-electron chi connectivity index (χ0n) is 56.5. The molecule has 0 saturated carbocycles. The van der Waals surface area contributed by atoms with Crippen molar-refractivity contribution in [1.82, 2.24) is 0 Å². The number of nitrogen functional groups attached to an aromatic ring is 2. The third-order valence-corrected chi connectivity index (χ3v) is 15.8. The van der Waals surface area contributed by atoms with Gasteiger partial charge in [-0.2, -0.15) is 0 Å². The Morgan fingerprint density at radius 1 is 0.495 bits per heavy atom. The molecule has 0 aliphatic carbocycles. The molecule has 4 fully saturated rings. The van der Waals surface area contributed by atoms with Gasteiger partial charge in [0, 0.05) is 92.9 Å². The molecule has 41 nitrogen and oxygen atoms in total. The molecule has 584 valence electrons. The van der Waals surface area contributed by atoms with Gasteiger partial charge in [0.25, 0.3) is 0 Å². The molecular weight excluding hydrogens is 1620 g/mol. The predicted molar refractivity (Wildman–Crippen MR) is 332 cm³/mol. The third-order valence-electron chi connectivity index (χ3n) is 15.8. The number of carbonyl (C=O) groups excluding carboxylic acids is 4. The number of nitrogens with two attached hydrogens (primary N) is 2. The van der Waals surface area contributed by atoms with Crippen molar-refractivity contribution in [3.8, 4) is 11.5 Å². The summed E-state index contributed by atoms with van der Waals surface area (Å²) in [6.45, 7) is -4.99. The smallest absolute Gasteiger partial charge is 0.550 e. The number of aliphatic hydroxyl groups is 25. The molecule has 0 spiro atoms. The van der Waals surface area contributed by atoms with E-state index in [1.54, 1.807) is 18.2 Å². The first-order valence-corrected chi connectivity index (χ1v) is 31.0. The van der Waals surface area contributed by atoms with E-state index in [-0.39, 0.29) is 100 Å². The van der Waals surface area contributed by atoms with Crippen molar-refractivity contribution in [2.24, 2.45) is 0 Å². The summed E-state index contributed by atoms with van der Waals surface area (Å²) < 4.78 is 51.9. The van der Waals surface area contributed by atoms with E-state index in [4.69, 9.17) is 75.9 Å². The molecule has 0 bridgehead atoms. The SMILES string of the molecule is Nc1cc(OCCCC(=O)CCC(O)[C@@H](O)[C@H](O[C@@H]2OC(CO)[C@H](O)[C@H](O)C2O)C(O)CO)ccc1C=O.Nc1cc(OCCCC(=O)[O-])ccc1C=O.OCC(O)[C@@H](O)[C@H](O[C@@H]1OC(CO)[C@H](O)[C@H](O)C1O)C(O)CO.OCC1O[C@@H](O)C(O)[C@@H](O)[C@@H]1O[C@@H]1OC(CO)[C@H](O)[C@H](O)C1O.[3H][B].[Li+].[U]. The molecule has 2 aromatic carbocycles. The summed E-state index contributed by atoms with van der Waals surface area (Å²) in [5.41, 5.74) is 12.6. The van der Waals surface area contributed by atoms with Crippen molar-refractivity contribution < 1.29 is 245 Å². The van der Waals surface area contributed by atoms with Crippen molar-refractivity contribution in [2.75, 3.05) is 70.9 Å². The number of hydrogen-bond donors (Lipinski definition) is 27. The van der Waals surface area contributed by atoms with Gasteiger partial charge in [-0.25, -0.2) is 0 Å². The summed E-state index contributed by atoms with van der Waals surface area (Å²) in [5, 5.41) is 251. The van der Waals surface area contributed by atoms with Crippen molar-refractivity contribution >= 4 is 44.1 Å². The van der Waals surface area contributed by atoms with Crippen LogP contribution in [0.1, 0.15) is 59.2 Å². The topological polar surface area (TPSA) is 732 Å². The largest absolute Gasteiger partial charge is 1.00 e. The first-order chi connectivity index (χ1) is 48.2. The van der Waals surface area contributed by atoms with Crippen molar-refractivity contribution in [3.63, 3.8) is 0 Å². The molecule has 4 heterocycles. The summed E-state index contributed by atoms with van der Waals surface area (Å²) >= 11 is 0. The number of aliphatic hydroxyl groups excluding tert-OH is 25. The maximum absolute atomic E-state index is 12.2. The molecule has 2 aromatic rings. The molecule has 44 heteroatoms. The molecule has 4 aliphatic heterocycles. The Morgan fingerprint density at radius 2 is 0.864 bits per heavy atom. The van der Waals surface area contributed by atoms with Gasteiger partial charge in [0.2, 0.25) is 0 Å². The fourth-order valence-corrected chi connectivity index (χ4v) is 9.76. The van der Waals surface area contributed by atoms with Gasteiger partial charge in [-0.15, -0.1) is 0 Å². The second kappa shape index (κ2) is 50.3. The van der Waals surface area contributed by atoms with Gasteiger partial charge in [0.05, 0.1) is 65.6 Å². The monoisotopic (exact) mass is 1710 g/mol. The first-order valence-electron chi connectivity index (χ1n) is 31.6. The van der Waals surface area contributed by atoms with E-state index in [0.717, 1.165) is 0 Å². The number of ketones is 1. The Kier molecular flexibility index (Phi) is 47.6. The number of benzene rings is 2. The standard InChI is InChI=1S/C24H37NO13.C12H22O11.C12H24O11.C11H13NO4.BH.Li.U/c25-15-8-14(5-3-12(15)9-26)36-7-1-2-13(29)4-6-16(30)19(32)23(17(31)10-27)38-24-22(35)21(34)20(33)18(11-28)37-24;13-1-3-5(15)6(16)9(19)12(22-3)23-10-4(2-14)21-11(20)8(18)7(10)17;13-1-4(16)7(18)11(5(17)2-14)23-12-10(21)9(20)8(19)6(3-15)22-12;12-10-6-9(4-3-8(10)7-13)16-5-1-2-11(14)15;;;/h3,5,8-9,16-24,27-28,30-35H,1-2,4,6-7,10-11,25H2;3-20H,1-2H2;4-21H,1-3H2;3-4,6-7H,1-2,5,12H2,(H,14,15);1H;;/q;;;;;+1;/p-1/t16?,17?,18?,19-,20+,21+,22?,23-,24+;3?,4?,5-,6-,7+,8?,9?,10+,11+,12-;4?,5?,6?,7-,8+,9+,10?,11-,12+;;;;/m101..../s1/i;;;;1T;;. The number of aldehydes is 2. The van der Waals surface area contributed by atoms with Crippen LogP contribution in [0, 0.1) is 31.1 Å². The van der Waals surface area contributed by atoms with Crippen LogP contribution in [0.3, 0.4) is 0 Å². The minimum Gasteiger partial charge on any atom is -0.550 e. The number of ether oxygens (including phenoxy) is 9. The summed E-state index contributed by atoms with van der Waals surface area (Å²) in [5.74, 6) is -0.391.